The molecule has 124 valence electrons. The molecule has 0 spiro atoms. The van der Waals surface area contributed by atoms with Crippen molar-refractivity contribution in [3.05, 3.63) is 0 Å². The summed E-state index contributed by atoms with van der Waals surface area (Å²) in [5, 5.41) is 8.93. The summed E-state index contributed by atoms with van der Waals surface area (Å²) in [6, 6.07) is 0. The predicted octanol–water partition coefficient (Wildman–Crippen LogP) is 4.37. The van der Waals surface area contributed by atoms with Gasteiger partial charge in [0, 0.05) is 0 Å². The highest BCUT2D eigenvalue weighted by Crippen LogP contribution is 2.16. The molecule has 0 atom stereocenters. The Morgan fingerprint density at radius 1 is 0.550 bits per heavy atom. The van der Waals surface area contributed by atoms with Crippen molar-refractivity contribution < 1.29 is 9.59 Å². The molecule has 0 aliphatic carbocycles. The minimum absolute atomic E-state index is 0. The van der Waals surface area contributed by atoms with E-state index in [0.29, 0.717) is 0 Å². The molecule has 20 heavy (non-hydrogen) atoms. The van der Waals surface area contributed by atoms with Gasteiger partial charge in [-0.2, -0.15) is 0 Å². The number of quaternary nitrogens is 1. The van der Waals surface area contributed by atoms with Crippen molar-refractivity contribution in [2.75, 3.05) is 32.8 Å². The van der Waals surface area contributed by atoms with E-state index in [9.17, 15) is 0 Å². The lowest BCUT2D eigenvalue weighted by Gasteiger charge is -2.39. The Kier molecular flexibility index (Phi) is 18.8. The first-order valence-electron chi connectivity index (χ1n) is 9.09. The van der Waals surface area contributed by atoms with Gasteiger partial charge in [-0.25, -0.2) is 0 Å². The van der Waals surface area contributed by atoms with Gasteiger partial charge in [-0.15, -0.1) is 6.61 Å². The van der Waals surface area contributed by atoms with E-state index in [4.69, 9.17) is 5.11 Å². The Morgan fingerprint density at radius 2 is 0.750 bits per heavy atom. The molecule has 2 nitrogen and oxygen atoms in total. The van der Waals surface area contributed by atoms with E-state index in [1.165, 1.54) is 82.0 Å². The van der Waals surface area contributed by atoms with E-state index < -0.39 is 0 Å². The van der Waals surface area contributed by atoms with Gasteiger partial charge in [0.1, 0.15) is 0 Å². The maximum Gasteiger partial charge on any atom is 0.0786 e. The summed E-state index contributed by atoms with van der Waals surface area (Å²) in [6.45, 7) is 16.6. The maximum absolute atomic E-state index is 8.93. The largest absolute Gasteiger partial charge is 0.855 e. The van der Waals surface area contributed by atoms with Crippen molar-refractivity contribution >= 4 is 0 Å². The van der Waals surface area contributed by atoms with Crippen LogP contribution in [0, 0.1) is 0 Å². The van der Waals surface area contributed by atoms with Crippen LogP contribution < -0.4 is 5.11 Å². The van der Waals surface area contributed by atoms with Crippen LogP contribution in [0.15, 0.2) is 0 Å². The zero-order valence-corrected chi connectivity index (χ0v) is 15.0. The second-order valence-corrected chi connectivity index (χ2v) is 5.94. The smallest absolute Gasteiger partial charge is 0.0786 e. The number of hydrogen-bond acceptors (Lipinski definition) is 1. The van der Waals surface area contributed by atoms with E-state index in [-0.39, 0.29) is 6.61 Å². The van der Waals surface area contributed by atoms with Crippen LogP contribution in [-0.2, 0) is 0 Å². The van der Waals surface area contributed by atoms with Gasteiger partial charge in [0.2, 0.25) is 0 Å². The normalized spacial score (nSPS) is 11.1. The van der Waals surface area contributed by atoms with Gasteiger partial charge in [0.25, 0.3) is 0 Å². The van der Waals surface area contributed by atoms with Crippen molar-refractivity contribution in [3.63, 3.8) is 0 Å². The van der Waals surface area contributed by atoms with Gasteiger partial charge in [-0.1, -0.05) is 60.3 Å². The Labute approximate surface area is 129 Å². The molecule has 0 aliphatic rings. The first-order chi connectivity index (χ1) is 9.66. The lowest BCUT2D eigenvalue weighted by molar-refractivity contribution is -0.929. The van der Waals surface area contributed by atoms with Crippen LogP contribution >= 0.6 is 0 Å². The molecule has 2 heteroatoms. The van der Waals surface area contributed by atoms with Gasteiger partial charge in [-0.05, 0) is 25.7 Å². The van der Waals surface area contributed by atoms with E-state index >= 15 is 0 Å². The molecule has 0 heterocycles. The van der Waals surface area contributed by atoms with Crippen LogP contribution in [0.3, 0.4) is 0 Å². The van der Waals surface area contributed by atoms with Crippen molar-refractivity contribution in [1.82, 2.24) is 0 Å². The lowest BCUT2D eigenvalue weighted by atomic mass is 10.1. The van der Waals surface area contributed by atoms with Gasteiger partial charge >= 0.3 is 0 Å². The highest BCUT2D eigenvalue weighted by molar-refractivity contribution is 4.49. The minimum Gasteiger partial charge on any atom is -0.855 e. The fourth-order valence-electron chi connectivity index (χ4n) is 2.64. The number of unbranched alkanes of at least 4 members (excludes halogenated alkanes) is 4. The Morgan fingerprint density at radius 3 is 0.900 bits per heavy atom. The molecule has 0 N–H and O–H groups in total. The fourth-order valence-corrected chi connectivity index (χ4v) is 2.64. The first kappa shape index (κ1) is 22.2. The quantitative estimate of drug-likeness (QED) is 0.489. The topological polar surface area (TPSA) is 23.1 Å². The molecule has 0 rings (SSSR count). The highest BCUT2D eigenvalue weighted by Gasteiger charge is 2.24. The summed E-state index contributed by atoms with van der Waals surface area (Å²) in [5.41, 5.74) is 0. The average molecular weight is 288 g/mol. The third-order valence-corrected chi connectivity index (χ3v) is 3.94. The Balaban J connectivity index is 0. The number of hydrogen-bond donors (Lipinski definition) is 0. The molecule has 0 saturated carbocycles. The molecule has 0 aromatic rings. The highest BCUT2D eigenvalue weighted by atomic mass is 16.2. The van der Waals surface area contributed by atoms with E-state index in [1.54, 1.807) is 6.92 Å². The maximum atomic E-state index is 8.93. The molecule has 0 amide bonds. The standard InChI is InChI=1S/C16H36N.C2H5O/c1-5-9-13-17(14-10-6-2,15-11-7-3)16-12-8-4;1-2-3/h5-16H2,1-4H3;2H2,1H3/q+1;-1. The molecular weight excluding hydrogens is 246 g/mol. The van der Waals surface area contributed by atoms with E-state index in [1.807, 2.05) is 0 Å². The summed E-state index contributed by atoms with van der Waals surface area (Å²) in [4.78, 5) is 0. The van der Waals surface area contributed by atoms with Gasteiger partial charge in [-0.3, -0.25) is 0 Å². The molecular formula is C18H41NO. The summed E-state index contributed by atoms with van der Waals surface area (Å²) in [6.07, 6.45) is 11.1. The third-order valence-electron chi connectivity index (χ3n) is 3.94. The van der Waals surface area contributed by atoms with Crippen LogP contribution in [0.1, 0.15) is 86.0 Å². The van der Waals surface area contributed by atoms with Crippen molar-refractivity contribution in [2.24, 2.45) is 0 Å². The van der Waals surface area contributed by atoms with Gasteiger partial charge < -0.3 is 9.59 Å². The summed E-state index contributed by atoms with van der Waals surface area (Å²) >= 11 is 0. The molecule has 0 fully saturated rings. The van der Waals surface area contributed by atoms with E-state index in [2.05, 4.69) is 27.7 Å². The monoisotopic (exact) mass is 287 g/mol. The first-order valence-corrected chi connectivity index (χ1v) is 9.09. The van der Waals surface area contributed by atoms with Crippen molar-refractivity contribution in [1.29, 1.82) is 0 Å². The zero-order chi connectivity index (χ0) is 15.7. The second kappa shape index (κ2) is 17.0. The van der Waals surface area contributed by atoms with Crippen LogP contribution in [-0.4, -0.2) is 37.3 Å². The van der Waals surface area contributed by atoms with Crippen LogP contribution in [0.2, 0.25) is 0 Å². The summed E-state index contributed by atoms with van der Waals surface area (Å²) < 4.78 is 1.42. The Hall–Kier alpha value is -0.0800. The molecule has 0 aliphatic heterocycles. The number of rotatable bonds is 12. The Bertz CT molecular complexity index is 133. The molecule has 0 aromatic heterocycles. The van der Waals surface area contributed by atoms with Gasteiger partial charge in [0.15, 0.2) is 0 Å². The predicted molar refractivity (Wildman–Crippen MR) is 89.9 cm³/mol. The molecule has 0 saturated heterocycles. The summed E-state index contributed by atoms with van der Waals surface area (Å²) in [7, 11) is 0. The average Bonchev–Trinajstić information content (AvgIpc) is 2.46. The van der Waals surface area contributed by atoms with Crippen LogP contribution in [0.25, 0.3) is 0 Å². The van der Waals surface area contributed by atoms with Crippen LogP contribution in [0.4, 0.5) is 0 Å². The molecule has 0 aromatic carbocycles. The number of nitrogens with zero attached hydrogens (tertiary/aromatic N) is 1. The summed E-state index contributed by atoms with van der Waals surface area (Å²) in [5.74, 6) is 0. The fraction of sp³-hybridized carbons (Fsp3) is 1.00. The molecule has 0 unspecified atom stereocenters. The van der Waals surface area contributed by atoms with Crippen molar-refractivity contribution in [2.45, 2.75) is 86.0 Å². The second-order valence-electron chi connectivity index (χ2n) is 5.94. The minimum atomic E-state index is 0. The molecule has 0 bridgehead atoms. The third kappa shape index (κ3) is 12.9. The zero-order valence-electron chi connectivity index (χ0n) is 15.0. The van der Waals surface area contributed by atoms with E-state index in [0.717, 1.165) is 0 Å². The lowest BCUT2D eigenvalue weighted by Crippen LogP contribution is -2.50. The SMILES string of the molecule is CCCC[N+](CCCC)(CCCC)CCCC.CC[O-]. The van der Waals surface area contributed by atoms with Crippen LogP contribution in [0.5, 0.6) is 0 Å². The molecule has 0 radical (unpaired) electrons. The van der Waals surface area contributed by atoms with Crippen molar-refractivity contribution in [3.8, 4) is 0 Å². The van der Waals surface area contributed by atoms with Gasteiger partial charge in [0.05, 0.1) is 26.2 Å².